The average Bonchev–Trinajstić information content (AvgIpc) is 2.49. The van der Waals surface area contributed by atoms with Crippen LogP contribution in [0.3, 0.4) is 0 Å². The molecule has 1 N–H and O–H groups in total. The molecule has 4 unspecified atom stereocenters. The second kappa shape index (κ2) is 2.11. The van der Waals surface area contributed by atoms with Crippen molar-refractivity contribution in [2.75, 3.05) is 0 Å². The van der Waals surface area contributed by atoms with E-state index in [2.05, 4.69) is 13.8 Å². The van der Waals surface area contributed by atoms with Gasteiger partial charge in [-0.15, -0.1) is 0 Å². The fourth-order valence-electron chi connectivity index (χ4n) is 2.76. The molecule has 0 spiro atoms. The first-order chi connectivity index (χ1) is 5.46. The van der Waals surface area contributed by atoms with Gasteiger partial charge >= 0.3 is 0 Å². The smallest absolute Gasteiger partial charge is 0.138 e. The number of carbonyl (C=O) groups excluding carboxylic acids is 1. The number of rotatable bonds is 0. The van der Waals surface area contributed by atoms with Crippen LogP contribution < -0.4 is 0 Å². The van der Waals surface area contributed by atoms with E-state index in [0.29, 0.717) is 18.3 Å². The first-order valence-corrected chi connectivity index (χ1v) is 4.67. The van der Waals surface area contributed by atoms with Gasteiger partial charge in [-0.3, -0.25) is 4.79 Å². The number of carbonyl (C=O) groups is 1. The van der Waals surface area contributed by atoms with Crippen LogP contribution in [-0.4, -0.2) is 17.0 Å². The number of aliphatic hydroxyl groups is 1. The van der Waals surface area contributed by atoms with E-state index in [-0.39, 0.29) is 23.2 Å². The van der Waals surface area contributed by atoms with Crippen molar-refractivity contribution in [2.24, 2.45) is 23.2 Å². The largest absolute Gasteiger partial charge is 0.392 e. The monoisotopic (exact) mass is 168 g/mol. The standard InChI is InChI=1S/C10H16O2/c1-5-7(11)4-6-8(9(5)12)10(6,2)3/h5-6,8-9,12H,4H2,1-3H3. The van der Waals surface area contributed by atoms with Crippen LogP contribution in [-0.2, 0) is 4.79 Å². The van der Waals surface area contributed by atoms with Crippen LogP contribution in [0, 0.1) is 23.2 Å². The van der Waals surface area contributed by atoms with Gasteiger partial charge < -0.3 is 5.11 Å². The lowest BCUT2D eigenvalue weighted by atomic mass is 9.87. The van der Waals surface area contributed by atoms with E-state index >= 15 is 0 Å². The molecule has 2 fully saturated rings. The first-order valence-electron chi connectivity index (χ1n) is 4.67. The molecule has 12 heavy (non-hydrogen) atoms. The third-order valence-corrected chi connectivity index (χ3v) is 3.95. The Morgan fingerprint density at radius 1 is 1.50 bits per heavy atom. The van der Waals surface area contributed by atoms with Gasteiger partial charge in [0.1, 0.15) is 5.78 Å². The summed E-state index contributed by atoms with van der Waals surface area (Å²) in [7, 11) is 0. The van der Waals surface area contributed by atoms with Crippen LogP contribution in [0.2, 0.25) is 0 Å². The molecule has 0 radical (unpaired) electrons. The summed E-state index contributed by atoms with van der Waals surface area (Å²) in [6.45, 7) is 6.14. The molecule has 2 saturated carbocycles. The van der Waals surface area contributed by atoms with Gasteiger partial charge in [-0.2, -0.15) is 0 Å². The predicted octanol–water partition coefficient (Wildman–Crippen LogP) is 1.23. The maximum atomic E-state index is 11.4. The molecule has 2 aliphatic carbocycles. The Morgan fingerprint density at radius 3 is 2.67 bits per heavy atom. The minimum absolute atomic E-state index is 0.131. The number of ketones is 1. The van der Waals surface area contributed by atoms with Gasteiger partial charge in [0.2, 0.25) is 0 Å². The van der Waals surface area contributed by atoms with Crippen LogP contribution in [0.1, 0.15) is 27.2 Å². The molecule has 0 aromatic heterocycles. The Labute approximate surface area is 73.0 Å². The molecule has 2 nitrogen and oxygen atoms in total. The second-order valence-electron chi connectivity index (χ2n) is 4.90. The van der Waals surface area contributed by atoms with Crippen molar-refractivity contribution in [2.45, 2.75) is 33.3 Å². The summed E-state index contributed by atoms with van der Waals surface area (Å²) in [4.78, 5) is 11.4. The highest BCUT2D eigenvalue weighted by Gasteiger charge is 2.64. The highest BCUT2D eigenvalue weighted by molar-refractivity contribution is 5.83. The summed E-state index contributed by atoms with van der Waals surface area (Å²) in [6.07, 6.45) is 0.307. The van der Waals surface area contributed by atoms with Gasteiger partial charge in [0.25, 0.3) is 0 Å². The Hall–Kier alpha value is -0.370. The Bertz CT molecular complexity index is 232. The van der Waals surface area contributed by atoms with Crippen molar-refractivity contribution in [3.8, 4) is 0 Å². The molecule has 0 aliphatic heterocycles. The van der Waals surface area contributed by atoms with E-state index in [4.69, 9.17) is 0 Å². The molecule has 0 heterocycles. The van der Waals surface area contributed by atoms with E-state index in [9.17, 15) is 9.90 Å². The fourth-order valence-corrected chi connectivity index (χ4v) is 2.76. The summed E-state index contributed by atoms with van der Waals surface area (Å²) in [6, 6.07) is 0. The maximum Gasteiger partial charge on any atom is 0.138 e. The summed E-state index contributed by atoms with van der Waals surface area (Å²) in [5, 5.41) is 9.77. The Kier molecular flexibility index (Phi) is 1.45. The van der Waals surface area contributed by atoms with Crippen molar-refractivity contribution in [3.05, 3.63) is 0 Å². The van der Waals surface area contributed by atoms with Crippen molar-refractivity contribution in [1.82, 2.24) is 0 Å². The average molecular weight is 168 g/mol. The second-order valence-corrected chi connectivity index (χ2v) is 4.90. The molecular formula is C10H16O2. The van der Waals surface area contributed by atoms with Gasteiger partial charge in [-0.25, -0.2) is 0 Å². The van der Waals surface area contributed by atoms with E-state index in [1.807, 2.05) is 6.92 Å². The highest BCUT2D eigenvalue weighted by Crippen LogP contribution is 2.64. The molecule has 0 saturated heterocycles. The van der Waals surface area contributed by atoms with Gasteiger partial charge in [0.15, 0.2) is 0 Å². The maximum absolute atomic E-state index is 11.4. The summed E-state index contributed by atoms with van der Waals surface area (Å²) in [5.74, 6) is 0.948. The lowest BCUT2D eigenvalue weighted by molar-refractivity contribution is -0.128. The number of hydrogen-bond acceptors (Lipinski definition) is 2. The minimum atomic E-state index is -0.383. The molecule has 2 aliphatic rings. The van der Waals surface area contributed by atoms with E-state index in [1.165, 1.54) is 0 Å². The summed E-state index contributed by atoms with van der Waals surface area (Å²) in [5.41, 5.74) is 0.208. The number of aliphatic hydroxyl groups excluding tert-OH is 1. The van der Waals surface area contributed by atoms with Crippen molar-refractivity contribution in [1.29, 1.82) is 0 Å². The predicted molar refractivity (Wildman–Crippen MR) is 45.6 cm³/mol. The quantitative estimate of drug-likeness (QED) is 0.590. The van der Waals surface area contributed by atoms with Crippen molar-refractivity contribution in [3.63, 3.8) is 0 Å². The highest BCUT2D eigenvalue weighted by atomic mass is 16.3. The molecule has 2 heteroatoms. The number of hydrogen-bond donors (Lipinski definition) is 1. The minimum Gasteiger partial charge on any atom is -0.392 e. The molecule has 0 amide bonds. The van der Waals surface area contributed by atoms with Crippen molar-refractivity contribution < 1.29 is 9.90 Å². The van der Waals surface area contributed by atoms with Gasteiger partial charge in [0.05, 0.1) is 6.10 Å². The van der Waals surface area contributed by atoms with Gasteiger partial charge in [-0.1, -0.05) is 20.8 Å². The fraction of sp³-hybridized carbons (Fsp3) is 0.900. The van der Waals surface area contributed by atoms with Crippen LogP contribution in [0.15, 0.2) is 0 Å². The van der Waals surface area contributed by atoms with Crippen LogP contribution >= 0.6 is 0 Å². The van der Waals surface area contributed by atoms with Crippen molar-refractivity contribution >= 4 is 5.78 Å². The molecule has 0 bridgehead atoms. The Morgan fingerprint density at radius 2 is 2.08 bits per heavy atom. The SMILES string of the molecule is CC1C(=O)CC2C(C1O)C2(C)C. The lowest BCUT2D eigenvalue weighted by Gasteiger charge is -2.22. The Balaban J connectivity index is 2.21. The molecule has 4 atom stereocenters. The molecular weight excluding hydrogens is 152 g/mol. The van der Waals surface area contributed by atoms with E-state index < -0.39 is 0 Å². The molecule has 68 valence electrons. The van der Waals surface area contributed by atoms with Crippen LogP contribution in [0.4, 0.5) is 0 Å². The number of Topliss-reactive ketones (excluding diaryl/α,β-unsaturated/α-hetero) is 1. The zero-order valence-corrected chi connectivity index (χ0v) is 7.87. The molecule has 2 rings (SSSR count). The zero-order valence-electron chi connectivity index (χ0n) is 7.87. The summed E-state index contributed by atoms with van der Waals surface area (Å²) < 4.78 is 0. The lowest BCUT2D eigenvalue weighted by Crippen LogP contribution is -2.32. The van der Waals surface area contributed by atoms with Gasteiger partial charge in [-0.05, 0) is 17.3 Å². The molecule has 0 aromatic carbocycles. The number of fused-ring (bicyclic) bond motifs is 1. The van der Waals surface area contributed by atoms with Gasteiger partial charge in [0, 0.05) is 12.3 Å². The van der Waals surface area contributed by atoms with E-state index in [0.717, 1.165) is 0 Å². The normalized spacial score (nSPS) is 50.2. The molecule has 0 aromatic rings. The third-order valence-electron chi connectivity index (χ3n) is 3.95. The van der Waals surface area contributed by atoms with E-state index in [1.54, 1.807) is 0 Å². The first kappa shape index (κ1) is 8.24. The topological polar surface area (TPSA) is 37.3 Å². The van der Waals surface area contributed by atoms with Crippen LogP contribution in [0.5, 0.6) is 0 Å². The summed E-state index contributed by atoms with van der Waals surface area (Å²) >= 11 is 0. The zero-order chi connectivity index (χ0) is 9.09. The van der Waals surface area contributed by atoms with Crippen LogP contribution in [0.25, 0.3) is 0 Å². The third kappa shape index (κ3) is 0.817.